The summed E-state index contributed by atoms with van der Waals surface area (Å²) < 4.78 is 45.8. The molecule has 0 bridgehead atoms. The van der Waals surface area contributed by atoms with E-state index in [0.29, 0.717) is 0 Å². The predicted octanol–water partition coefficient (Wildman–Crippen LogP) is 0.938. The third kappa shape index (κ3) is 3.42. The first-order chi connectivity index (χ1) is 10.7. The second kappa shape index (κ2) is 5.80. The van der Waals surface area contributed by atoms with E-state index in [1.165, 1.54) is 12.1 Å². The number of aliphatic hydroxyl groups excluding tert-OH is 1. The molecular weight excluding hydrogens is 324 g/mol. The van der Waals surface area contributed by atoms with Gasteiger partial charge in [-0.3, -0.25) is 4.18 Å². The topological polar surface area (TPSA) is 91.3 Å². The van der Waals surface area contributed by atoms with Crippen molar-refractivity contribution in [3.05, 3.63) is 29.8 Å². The van der Waals surface area contributed by atoms with Gasteiger partial charge in [-0.05, 0) is 32.9 Å². The lowest BCUT2D eigenvalue weighted by Gasteiger charge is -2.22. The molecule has 4 atom stereocenters. The fourth-order valence-electron chi connectivity index (χ4n) is 2.63. The van der Waals surface area contributed by atoms with Gasteiger partial charge in [-0.15, -0.1) is 0 Å². The zero-order valence-electron chi connectivity index (χ0n) is 13.1. The normalized spacial score (nSPS) is 32.9. The quantitative estimate of drug-likeness (QED) is 0.813. The number of aliphatic hydroxyl groups is 1. The summed E-state index contributed by atoms with van der Waals surface area (Å²) in [5.74, 6) is -0.837. The van der Waals surface area contributed by atoms with E-state index in [4.69, 9.17) is 18.4 Å². The molecule has 1 aromatic rings. The van der Waals surface area contributed by atoms with Crippen molar-refractivity contribution < 1.29 is 31.9 Å². The van der Waals surface area contributed by atoms with Gasteiger partial charge in [-0.25, -0.2) is 0 Å². The minimum Gasteiger partial charge on any atom is -0.387 e. The number of hydrogen-bond acceptors (Lipinski definition) is 7. The van der Waals surface area contributed by atoms with E-state index in [9.17, 15) is 13.5 Å². The standard InChI is InChI=1S/C15H20O7S/c1-9-4-6-10(7-5-9)23(17,18)19-8-11-12(16)13-14(20-11)22-15(2,3)21-13/h4-7,11-14,16H,8H2,1-3H3/t11-,12+,13-,14?/m1/s1. The Balaban J connectivity index is 1.62. The summed E-state index contributed by atoms with van der Waals surface area (Å²) in [7, 11) is -3.91. The van der Waals surface area contributed by atoms with Crippen LogP contribution >= 0.6 is 0 Å². The number of fused-ring (bicyclic) bond motifs is 1. The molecule has 8 heteroatoms. The average Bonchev–Trinajstić information content (AvgIpc) is 2.91. The average molecular weight is 344 g/mol. The van der Waals surface area contributed by atoms with Crippen LogP contribution in [-0.4, -0.2) is 50.5 Å². The lowest BCUT2D eigenvalue weighted by atomic mass is 10.1. The van der Waals surface area contributed by atoms with E-state index < -0.39 is 40.5 Å². The van der Waals surface area contributed by atoms with E-state index in [-0.39, 0.29) is 11.5 Å². The molecule has 1 N–H and O–H groups in total. The van der Waals surface area contributed by atoms with Crippen LogP contribution in [0.15, 0.2) is 29.2 Å². The largest absolute Gasteiger partial charge is 0.387 e. The molecule has 2 aliphatic rings. The van der Waals surface area contributed by atoms with Crippen molar-refractivity contribution in [3.63, 3.8) is 0 Å². The fourth-order valence-corrected chi connectivity index (χ4v) is 3.54. The summed E-state index contributed by atoms with van der Waals surface area (Å²) in [5, 5.41) is 10.2. The van der Waals surface area contributed by atoms with Crippen LogP contribution in [0.2, 0.25) is 0 Å². The Bertz CT molecular complexity index is 668. The molecule has 2 heterocycles. The zero-order chi connectivity index (χ0) is 16.8. The van der Waals surface area contributed by atoms with Gasteiger partial charge >= 0.3 is 0 Å². The molecule has 0 radical (unpaired) electrons. The summed E-state index contributed by atoms with van der Waals surface area (Å²) in [6.45, 7) is 4.99. The highest BCUT2D eigenvalue weighted by Gasteiger charge is 2.54. The molecule has 1 unspecified atom stereocenters. The third-order valence-corrected chi connectivity index (χ3v) is 5.11. The van der Waals surface area contributed by atoms with Crippen LogP contribution in [0.5, 0.6) is 0 Å². The summed E-state index contributed by atoms with van der Waals surface area (Å²) in [4.78, 5) is 0.0596. The highest BCUT2D eigenvalue weighted by atomic mass is 32.2. The SMILES string of the molecule is Cc1ccc(S(=O)(=O)OC[C@H]2OC3OC(C)(C)O[C@@H]3[C@H]2O)cc1. The molecule has 2 saturated heterocycles. The Labute approximate surface area is 135 Å². The van der Waals surface area contributed by atoms with Crippen LogP contribution in [-0.2, 0) is 28.5 Å². The van der Waals surface area contributed by atoms with Gasteiger partial charge < -0.3 is 19.3 Å². The van der Waals surface area contributed by atoms with Gasteiger partial charge in [0.2, 0.25) is 0 Å². The molecule has 3 rings (SSSR count). The minimum absolute atomic E-state index is 0.0596. The Kier molecular flexibility index (Phi) is 4.24. The van der Waals surface area contributed by atoms with E-state index >= 15 is 0 Å². The van der Waals surface area contributed by atoms with E-state index in [0.717, 1.165) is 5.56 Å². The number of hydrogen-bond donors (Lipinski definition) is 1. The van der Waals surface area contributed by atoms with Gasteiger partial charge in [0.25, 0.3) is 10.1 Å². The van der Waals surface area contributed by atoms with Crippen LogP contribution in [0.3, 0.4) is 0 Å². The van der Waals surface area contributed by atoms with Crippen molar-refractivity contribution in [2.24, 2.45) is 0 Å². The van der Waals surface area contributed by atoms with Crippen molar-refractivity contribution in [2.75, 3.05) is 6.61 Å². The molecule has 0 amide bonds. The lowest BCUT2D eigenvalue weighted by Crippen LogP contribution is -2.37. The predicted molar refractivity (Wildman–Crippen MR) is 79.0 cm³/mol. The number of rotatable bonds is 4. The van der Waals surface area contributed by atoms with Gasteiger partial charge in [-0.2, -0.15) is 8.42 Å². The van der Waals surface area contributed by atoms with Crippen molar-refractivity contribution >= 4 is 10.1 Å². The second-order valence-corrected chi connectivity index (χ2v) is 7.80. The lowest BCUT2D eigenvalue weighted by molar-refractivity contribution is -0.217. The first-order valence-corrected chi connectivity index (χ1v) is 8.74. The maximum atomic E-state index is 12.1. The number of aryl methyl sites for hydroxylation is 1. The third-order valence-electron chi connectivity index (χ3n) is 3.81. The van der Waals surface area contributed by atoms with Crippen molar-refractivity contribution in [1.29, 1.82) is 0 Å². The molecule has 1 aromatic carbocycles. The van der Waals surface area contributed by atoms with Crippen molar-refractivity contribution in [3.8, 4) is 0 Å². The highest BCUT2D eigenvalue weighted by molar-refractivity contribution is 7.86. The summed E-state index contributed by atoms with van der Waals surface area (Å²) >= 11 is 0. The number of benzene rings is 1. The Hall–Kier alpha value is -1.03. The molecule has 0 saturated carbocycles. The Morgan fingerprint density at radius 3 is 2.48 bits per heavy atom. The first kappa shape index (κ1) is 16.8. The van der Waals surface area contributed by atoms with Crippen molar-refractivity contribution in [2.45, 2.75) is 56.1 Å². The van der Waals surface area contributed by atoms with E-state index in [2.05, 4.69) is 0 Å². The van der Waals surface area contributed by atoms with Gasteiger partial charge in [0.05, 0.1) is 11.5 Å². The fraction of sp³-hybridized carbons (Fsp3) is 0.600. The van der Waals surface area contributed by atoms with Crippen LogP contribution in [0.25, 0.3) is 0 Å². The van der Waals surface area contributed by atoms with Gasteiger partial charge in [0, 0.05) is 0 Å². The first-order valence-electron chi connectivity index (χ1n) is 7.33. The summed E-state index contributed by atoms with van der Waals surface area (Å²) in [6, 6.07) is 6.32. The molecule has 128 valence electrons. The molecule has 2 aliphatic heterocycles. The monoisotopic (exact) mass is 344 g/mol. The Morgan fingerprint density at radius 1 is 1.22 bits per heavy atom. The second-order valence-electron chi connectivity index (χ2n) is 6.19. The molecule has 23 heavy (non-hydrogen) atoms. The maximum Gasteiger partial charge on any atom is 0.297 e. The molecular formula is C15H20O7S. The zero-order valence-corrected chi connectivity index (χ0v) is 13.9. The van der Waals surface area contributed by atoms with Crippen LogP contribution < -0.4 is 0 Å². The minimum atomic E-state index is -3.91. The molecule has 7 nitrogen and oxygen atoms in total. The van der Waals surface area contributed by atoms with Crippen LogP contribution in [0, 0.1) is 6.92 Å². The van der Waals surface area contributed by atoms with Crippen molar-refractivity contribution in [1.82, 2.24) is 0 Å². The Morgan fingerprint density at radius 2 is 1.87 bits per heavy atom. The molecule has 2 fully saturated rings. The molecule has 0 aliphatic carbocycles. The van der Waals surface area contributed by atoms with Gasteiger partial charge in [-0.1, -0.05) is 17.7 Å². The van der Waals surface area contributed by atoms with E-state index in [1.807, 2.05) is 6.92 Å². The number of ether oxygens (including phenoxy) is 3. The smallest absolute Gasteiger partial charge is 0.297 e. The maximum absolute atomic E-state index is 12.1. The molecule has 0 spiro atoms. The highest BCUT2D eigenvalue weighted by Crippen LogP contribution is 2.37. The summed E-state index contributed by atoms with van der Waals surface area (Å²) in [5.41, 5.74) is 0.947. The van der Waals surface area contributed by atoms with Gasteiger partial charge in [0.1, 0.15) is 18.3 Å². The van der Waals surface area contributed by atoms with Gasteiger partial charge in [0.15, 0.2) is 12.1 Å². The molecule has 0 aromatic heterocycles. The van der Waals surface area contributed by atoms with E-state index in [1.54, 1.807) is 26.0 Å². The van der Waals surface area contributed by atoms with Crippen LogP contribution in [0.1, 0.15) is 19.4 Å². The summed E-state index contributed by atoms with van der Waals surface area (Å²) in [6.07, 6.45) is -3.23. The van der Waals surface area contributed by atoms with Crippen LogP contribution in [0.4, 0.5) is 0 Å².